The number of quaternary nitrogens is 1. The van der Waals surface area contributed by atoms with E-state index in [0.29, 0.717) is 19.3 Å². The molecule has 0 aliphatic rings. The van der Waals surface area contributed by atoms with Crippen LogP contribution in [0.3, 0.4) is 0 Å². The van der Waals surface area contributed by atoms with Crippen LogP contribution in [0, 0.1) is 0 Å². The molecule has 49 heavy (non-hydrogen) atoms. The number of carboxylic acids is 1. The van der Waals surface area contributed by atoms with Crippen LogP contribution in [0.4, 0.5) is 0 Å². The fourth-order valence-electron chi connectivity index (χ4n) is 5.97. The molecule has 0 rings (SSSR count). The molecule has 0 aromatic heterocycles. The Kier molecular flexibility index (Phi) is 31.9. The number of ether oxygens (including phenoxy) is 3. The van der Waals surface area contributed by atoms with Gasteiger partial charge in [-0.25, -0.2) is 4.79 Å². The first kappa shape index (κ1) is 47.1. The Morgan fingerprint density at radius 2 is 1.02 bits per heavy atom. The molecular weight excluding hydrogens is 618 g/mol. The number of aliphatic carboxylic acids is 1. The predicted octanol–water partition coefficient (Wildman–Crippen LogP) is 10.4. The molecule has 0 aliphatic carbocycles. The topological polar surface area (TPSA) is 99.1 Å². The second-order valence-corrected chi connectivity index (χ2v) is 14.9. The molecule has 0 aromatic rings. The van der Waals surface area contributed by atoms with Crippen molar-refractivity contribution in [3.8, 4) is 0 Å². The highest BCUT2D eigenvalue weighted by Gasteiger charge is 2.31. The lowest BCUT2D eigenvalue weighted by molar-refractivity contribution is -0.887. The quantitative estimate of drug-likeness (QED) is 0.0301. The van der Waals surface area contributed by atoms with Crippen molar-refractivity contribution in [1.82, 2.24) is 0 Å². The lowest BCUT2D eigenvalue weighted by atomic mass is 10.1. The van der Waals surface area contributed by atoms with Gasteiger partial charge in [0.2, 0.25) is 0 Å². The van der Waals surface area contributed by atoms with Crippen LogP contribution in [0.5, 0.6) is 0 Å². The smallest absolute Gasteiger partial charge is 0.362 e. The number of hydrogen-bond acceptors (Lipinski definition) is 6. The number of carboxylic acid groups (broad SMARTS) is 1. The normalized spacial score (nSPS) is 13.1. The minimum atomic E-state index is -0.875. The van der Waals surface area contributed by atoms with Crippen molar-refractivity contribution in [3.05, 3.63) is 12.2 Å². The number of hydrogen-bond donors (Lipinski definition) is 1. The molecule has 2 atom stereocenters. The summed E-state index contributed by atoms with van der Waals surface area (Å²) >= 11 is 0. The SMILES string of the molecule is CCCCCCCCC/C=C\CCCCCCCC(=O)OC(COCCC(C(=O)O)[N+](C)(C)C)COC(=O)CCCCCCCCCCC. The molecule has 288 valence electrons. The van der Waals surface area contributed by atoms with E-state index in [1.165, 1.54) is 96.3 Å². The minimum Gasteiger partial charge on any atom is -0.477 e. The highest BCUT2D eigenvalue weighted by Crippen LogP contribution is 2.14. The van der Waals surface area contributed by atoms with Crippen molar-refractivity contribution in [3.63, 3.8) is 0 Å². The predicted molar refractivity (Wildman–Crippen MR) is 202 cm³/mol. The van der Waals surface area contributed by atoms with Crippen molar-refractivity contribution in [2.75, 3.05) is 41.0 Å². The maximum Gasteiger partial charge on any atom is 0.362 e. The number of carbonyl (C=O) groups excluding carboxylic acids is 2. The van der Waals surface area contributed by atoms with E-state index < -0.39 is 18.1 Å². The highest BCUT2D eigenvalue weighted by atomic mass is 16.6. The Morgan fingerprint density at radius 1 is 0.592 bits per heavy atom. The summed E-state index contributed by atoms with van der Waals surface area (Å²) in [5.74, 6) is -1.47. The van der Waals surface area contributed by atoms with Gasteiger partial charge in [0.15, 0.2) is 12.1 Å². The van der Waals surface area contributed by atoms with Crippen LogP contribution >= 0.6 is 0 Å². The molecule has 0 saturated heterocycles. The van der Waals surface area contributed by atoms with E-state index in [4.69, 9.17) is 14.2 Å². The van der Waals surface area contributed by atoms with Crippen LogP contribution in [-0.2, 0) is 28.6 Å². The monoisotopic (exact) mass is 697 g/mol. The fraction of sp³-hybridized carbons (Fsp3) is 0.878. The molecule has 0 bridgehead atoms. The summed E-state index contributed by atoms with van der Waals surface area (Å²) < 4.78 is 17.2. The zero-order valence-electron chi connectivity index (χ0n) is 32.7. The van der Waals surface area contributed by atoms with E-state index >= 15 is 0 Å². The molecule has 0 fully saturated rings. The van der Waals surface area contributed by atoms with Gasteiger partial charge in [0, 0.05) is 19.3 Å². The van der Waals surface area contributed by atoms with Crippen LogP contribution in [0.15, 0.2) is 12.2 Å². The number of rotatable bonds is 36. The summed E-state index contributed by atoms with van der Waals surface area (Å²) in [6.45, 7) is 4.71. The summed E-state index contributed by atoms with van der Waals surface area (Å²) in [5.41, 5.74) is 0. The van der Waals surface area contributed by atoms with Crippen molar-refractivity contribution < 1.29 is 38.2 Å². The van der Waals surface area contributed by atoms with Crippen molar-refractivity contribution in [2.24, 2.45) is 0 Å². The summed E-state index contributed by atoms with van der Waals surface area (Å²) in [5, 5.41) is 9.58. The third-order valence-corrected chi connectivity index (χ3v) is 9.16. The first-order valence-corrected chi connectivity index (χ1v) is 20.2. The van der Waals surface area contributed by atoms with E-state index in [-0.39, 0.29) is 36.2 Å². The number of carbonyl (C=O) groups is 3. The van der Waals surface area contributed by atoms with E-state index in [1.807, 2.05) is 21.1 Å². The maximum atomic E-state index is 12.7. The average molecular weight is 697 g/mol. The molecule has 2 unspecified atom stereocenters. The van der Waals surface area contributed by atoms with Gasteiger partial charge in [0.1, 0.15) is 6.61 Å². The maximum absolute atomic E-state index is 12.7. The molecule has 8 nitrogen and oxygen atoms in total. The van der Waals surface area contributed by atoms with Gasteiger partial charge in [0.25, 0.3) is 0 Å². The molecule has 0 aliphatic heterocycles. The number of esters is 2. The number of unbranched alkanes of at least 4 members (excludes halogenated alkanes) is 20. The molecule has 0 amide bonds. The van der Waals surface area contributed by atoms with Crippen LogP contribution in [0.2, 0.25) is 0 Å². The molecular formula is C41H78NO7+. The fourth-order valence-corrected chi connectivity index (χ4v) is 5.97. The largest absolute Gasteiger partial charge is 0.477 e. The Morgan fingerprint density at radius 3 is 1.47 bits per heavy atom. The van der Waals surface area contributed by atoms with Gasteiger partial charge >= 0.3 is 17.9 Å². The van der Waals surface area contributed by atoms with E-state index in [1.54, 1.807) is 0 Å². The van der Waals surface area contributed by atoms with Crippen LogP contribution in [0.25, 0.3) is 0 Å². The minimum absolute atomic E-state index is 0.0494. The van der Waals surface area contributed by atoms with Crippen molar-refractivity contribution in [1.29, 1.82) is 0 Å². The molecule has 0 aromatic carbocycles. The molecule has 0 radical (unpaired) electrons. The lowest BCUT2D eigenvalue weighted by Gasteiger charge is -2.31. The average Bonchev–Trinajstić information content (AvgIpc) is 3.05. The molecule has 8 heteroatoms. The summed E-state index contributed by atoms with van der Waals surface area (Å²) in [4.78, 5) is 36.7. The zero-order valence-corrected chi connectivity index (χ0v) is 32.7. The van der Waals surface area contributed by atoms with Gasteiger partial charge in [0.05, 0.1) is 34.4 Å². The third-order valence-electron chi connectivity index (χ3n) is 9.16. The Hall–Kier alpha value is -1.93. The molecule has 0 heterocycles. The molecule has 1 N–H and O–H groups in total. The van der Waals surface area contributed by atoms with Gasteiger partial charge in [-0.1, -0.05) is 135 Å². The third kappa shape index (κ3) is 31.8. The second kappa shape index (κ2) is 33.2. The highest BCUT2D eigenvalue weighted by molar-refractivity contribution is 5.72. The Bertz CT molecular complexity index is 823. The Balaban J connectivity index is 4.36. The van der Waals surface area contributed by atoms with Crippen LogP contribution in [-0.4, -0.2) is 80.6 Å². The summed E-state index contributed by atoms with van der Waals surface area (Å²) in [7, 11) is 5.52. The summed E-state index contributed by atoms with van der Waals surface area (Å²) in [6, 6.07) is -0.610. The molecule has 0 saturated carbocycles. The van der Waals surface area contributed by atoms with Crippen LogP contribution < -0.4 is 0 Å². The first-order chi connectivity index (χ1) is 23.6. The zero-order chi connectivity index (χ0) is 36.4. The van der Waals surface area contributed by atoms with E-state index in [9.17, 15) is 19.5 Å². The first-order valence-electron chi connectivity index (χ1n) is 20.2. The van der Waals surface area contributed by atoms with Crippen molar-refractivity contribution in [2.45, 2.75) is 193 Å². The van der Waals surface area contributed by atoms with Gasteiger partial charge in [-0.15, -0.1) is 0 Å². The second-order valence-electron chi connectivity index (χ2n) is 14.9. The summed E-state index contributed by atoms with van der Waals surface area (Å²) in [6.07, 6.45) is 32.5. The van der Waals surface area contributed by atoms with Crippen molar-refractivity contribution >= 4 is 17.9 Å². The van der Waals surface area contributed by atoms with Gasteiger partial charge in [-0.2, -0.15) is 0 Å². The van der Waals surface area contributed by atoms with Gasteiger partial charge in [-0.05, 0) is 38.5 Å². The van der Waals surface area contributed by atoms with Gasteiger partial charge < -0.3 is 23.8 Å². The van der Waals surface area contributed by atoms with Gasteiger partial charge in [-0.3, -0.25) is 9.59 Å². The van der Waals surface area contributed by atoms with Crippen LogP contribution in [0.1, 0.15) is 181 Å². The lowest BCUT2D eigenvalue weighted by Crippen LogP contribution is -2.50. The number of nitrogens with zero attached hydrogens (tertiary/aromatic N) is 1. The van der Waals surface area contributed by atoms with E-state index in [2.05, 4.69) is 26.0 Å². The molecule has 0 spiro atoms. The Labute approximate surface area is 301 Å². The number of likely N-dealkylation sites (N-methyl/N-ethyl adjacent to an activating group) is 1. The number of allylic oxidation sites excluding steroid dienone is 2. The van der Waals surface area contributed by atoms with E-state index in [0.717, 1.165) is 51.4 Å². The standard InChI is InChI=1S/C41H77NO7/c1-6-8-10-12-14-16-17-18-19-20-21-22-24-26-28-30-32-40(44)49-37(35-47-34-33-38(41(45)46)42(3,4)5)36-48-39(43)31-29-27-25-23-15-13-11-9-7-2/h19-20,37-38H,6-18,21-36H2,1-5H3/p+1/b20-19-.